The molecule has 0 amide bonds. The van der Waals surface area contributed by atoms with Crippen molar-refractivity contribution in [1.29, 1.82) is 0 Å². The van der Waals surface area contributed by atoms with Crippen LogP contribution in [0, 0.1) is 0 Å². The summed E-state index contributed by atoms with van der Waals surface area (Å²) in [6.07, 6.45) is 3.44. The maximum absolute atomic E-state index is 12.1. The molecular weight excluding hydrogens is 352 g/mol. The molecule has 2 unspecified atom stereocenters. The minimum Gasteiger partial charge on any atom is -0.468 e. The maximum Gasteiger partial charge on any atom is 0.325 e. The van der Waals surface area contributed by atoms with Crippen LogP contribution in [0.5, 0.6) is 0 Å². The Morgan fingerprint density at radius 3 is 2.81 bits per heavy atom. The van der Waals surface area contributed by atoms with Crippen molar-refractivity contribution in [2.75, 3.05) is 13.7 Å². The summed E-state index contributed by atoms with van der Waals surface area (Å²) >= 11 is 5.04. The van der Waals surface area contributed by atoms with Crippen molar-refractivity contribution in [2.24, 2.45) is 0 Å². The summed E-state index contributed by atoms with van der Waals surface area (Å²) in [6, 6.07) is 3.94. The van der Waals surface area contributed by atoms with Gasteiger partial charge in [0.1, 0.15) is 5.54 Å². The third kappa shape index (κ3) is 5.96. The summed E-state index contributed by atoms with van der Waals surface area (Å²) in [5.74, 6) is -0.216. The number of nitrogens with one attached hydrogen (secondary N) is 1. The van der Waals surface area contributed by atoms with Crippen molar-refractivity contribution in [3.05, 3.63) is 22.8 Å². The molecule has 0 radical (unpaired) electrons. The van der Waals surface area contributed by atoms with E-state index in [-0.39, 0.29) is 11.2 Å². The molecule has 1 N–H and O–H groups in total. The standard InChI is InChI=1S/C15H23BrN2O2S/c1-5-8-18-15(3,14(19)20-4)9-11(2)21-13-7-6-12(16)10-17-13/h6-7,10-11,18H,5,8-9H2,1-4H3. The number of thioether (sulfide) groups is 1. The minimum absolute atomic E-state index is 0.216. The lowest BCUT2D eigenvalue weighted by molar-refractivity contribution is -0.148. The average Bonchev–Trinajstić information content (AvgIpc) is 2.46. The van der Waals surface area contributed by atoms with Crippen molar-refractivity contribution in [2.45, 2.75) is 49.4 Å². The Hall–Kier alpha value is -0.590. The van der Waals surface area contributed by atoms with Crippen LogP contribution in [0.2, 0.25) is 0 Å². The highest BCUT2D eigenvalue weighted by atomic mass is 79.9. The number of methoxy groups -OCH3 is 1. The lowest BCUT2D eigenvalue weighted by Gasteiger charge is -2.30. The molecule has 1 aromatic rings. The number of esters is 1. The van der Waals surface area contributed by atoms with E-state index < -0.39 is 5.54 Å². The van der Waals surface area contributed by atoms with Crippen LogP contribution < -0.4 is 5.32 Å². The van der Waals surface area contributed by atoms with Crippen LogP contribution in [0.1, 0.15) is 33.6 Å². The Labute approximate surface area is 139 Å². The van der Waals surface area contributed by atoms with E-state index in [9.17, 15) is 4.79 Å². The highest BCUT2D eigenvalue weighted by Crippen LogP contribution is 2.28. The second kappa shape index (κ2) is 8.76. The first-order chi connectivity index (χ1) is 9.91. The van der Waals surface area contributed by atoms with Crippen LogP contribution in [0.3, 0.4) is 0 Å². The summed E-state index contributed by atoms with van der Waals surface area (Å²) in [5.41, 5.74) is -0.660. The quantitative estimate of drug-likeness (QED) is 0.555. The lowest BCUT2D eigenvalue weighted by Crippen LogP contribution is -2.51. The third-order valence-corrected chi connectivity index (χ3v) is 4.64. The fourth-order valence-corrected chi connectivity index (χ4v) is 3.43. The lowest BCUT2D eigenvalue weighted by atomic mass is 9.96. The number of hydrogen-bond acceptors (Lipinski definition) is 5. The van der Waals surface area contributed by atoms with E-state index in [1.54, 1.807) is 18.0 Å². The number of halogens is 1. The van der Waals surface area contributed by atoms with E-state index in [1.807, 2.05) is 19.1 Å². The topological polar surface area (TPSA) is 51.2 Å². The molecule has 0 bridgehead atoms. The SMILES string of the molecule is CCCNC(C)(CC(C)Sc1ccc(Br)cn1)C(=O)OC. The van der Waals surface area contributed by atoms with Gasteiger partial charge in [-0.15, -0.1) is 11.8 Å². The van der Waals surface area contributed by atoms with Gasteiger partial charge in [-0.1, -0.05) is 13.8 Å². The monoisotopic (exact) mass is 374 g/mol. The average molecular weight is 375 g/mol. The number of nitrogens with zero attached hydrogens (tertiary/aromatic N) is 1. The molecule has 118 valence electrons. The smallest absolute Gasteiger partial charge is 0.325 e. The van der Waals surface area contributed by atoms with Crippen LogP contribution in [0.25, 0.3) is 0 Å². The van der Waals surface area contributed by atoms with Gasteiger partial charge >= 0.3 is 5.97 Å². The molecule has 21 heavy (non-hydrogen) atoms. The molecule has 6 heteroatoms. The van der Waals surface area contributed by atoms with E-state index in [0.717, 1.165) is 22.5 Å². The van der Waals surface area contributed by atoms with Crippen LogP contribution in [0.4, 0.5) is 0 Å². The number of aromatic nitrogens is 1. The van der Waals surface area contributed by atoms with Crippen molar-refractivity contribution < 1.29 is 9.53 Å². The summed E-state index contributed by atoms with van der Waals surface area (Å²) < 4.78 is 5.91. The van der Waals surface area contributed by atoms with E-state index in [0.29, 0.717) is 6.42 Å². The molecule has 0 aliphatic carbocycles. The molecule has 0 aliphatic rings. The summed E-state index contributed by atoms with van der Waals surface area (Å²) in [4.78, 5) is 16.4. The molecule has 0 aliphatic heterocycles. The zero-order valence-electron chi connectivity index (χ0n) is 13.0. The molecular formula is C15H23BrN2O2S. The fourth-order valence-electron chi connectivity index (χ4n) is 2.11. The van der Waals surface area contributed by atoms with Gasteiger partial charge in [0.2, 0.25) is 0 Å². The highest BCUT2D eigenvalue weighted by molar-refractivity contribution is 9.10. The van der Waals surface area contributed by atoms with Gasteiger partial charge < -0.3 is 10.1 Å². The van der Waals surface area contributed by atoms with Crippen molar-refractivity contribution >= 4 is 33.7 Å². The van der Waals surface area contributed by atoms with Gasteiger partial charge in [-0.25, -0.2) is 4.98 Å². The number of pyridine rings is 1. The largest absolute Gasteiger partial charge is 0.468 e. The van der Waals surface area contributed by atoms with E-state index in [1.165, 1.54) is 7.11 Å². The minimum atomic E-state index is -0.660. The first-order valence-corrected chi connectivity index (χ1v) is 8.70. The van der Waals surface area contributed by atoms with Gasteiger partial charge in [-0.3, -0.25) is 4.79 Å². The number of carbonyl (C=O) groups excluding carboxylic acids is 1. The van der Waals surface area contributed by atoms with Gasteiger partial charge in [0.05, 0.1) is 12.1 Å². The number of carbonyl (C=O) groups is 1. The second-order valence-electron chi connectivity index (χ2n) is 5.20. The number of hydrogen-bond donors (Lipinski definition) is 1. The Morgan fingerprint density at radius 1 is 1.57 bits per heavy atom. The summed E-state index contributed by atoms with van der Waals surface area (Å²) in [7, 11) is 1.43. The second-order valence-corrected chi connectivity index (χ2v) is 7.57. The van der Waals surface area contributed by atoms with Gasteiger partial charge in [0, 0.05) is 15.9 Å². The molecule has 1 rings (SSSR count). The molecule has 0 fully saturated rings. The van der Waals surface area contributed by atoms with Crippen LogP contribution in [-0.4, -0.2) is 35.4 Å². The maximum atomic E-state index is 12.1. The van der Waals surface area contributed by atoms with Crippen LogP contribution >= 0.6 is 27.7 Å². The molecule has 4 nitrogen and oxygen atoms in total. The molecule has 0 saturated carbocycles. The Kier molecular flexibility index (Phi) is 7.70. The Bertz CT molecular complexity index is 455. The molecule has 1 heterocycles. The van der Waals surface area contributed by atoms with Gasteiger partial charge in [0.25, 0.3) is 0 Å². The molecule has 1 aromatic heterocycles. The number of rotatable bonds is 8. The fraction of sp³-hybridized carbons (Fsp3) is 0.600. The summed E-state index contributed by atoms with van der Waals surface area (Å²) in [6.45, 7) is 6.87. The number of ether oxygens (including phenoxy) is 1. The van der Waals surface area contributed by atoms with Crippen molar-refractivity contribution in [3.8, 4) is 0 Å². The molecule has 0 spiro atoms. The molecule has 0 aromatic carbocycles. The first-order valence-electron chi connectivity index (χ1n) is 7.03. The zero-order valence-corrected chi connectivity index (χ0v) is 15.4. The van der Waals surface area contributed by atoms with E-state index >= 15 is 0 Å². The predicted molar refractivity (Wildman–Crippen MR) is 90.6 cm³/mol. The predicted octanol–water partition coefficient (Wildman–Crippen LogP) is 3.65. The van der Waals surface area contributed by atoms with E-state index in [2.05, 4.69) is 40.1 Å². The van der Waals surface area contributed by atoms with Crippen LogP contribution in [-0.2, 0) is 9.53 Å². The molecule has 0 saturated heterocycles. The first kappa shape index (κ1) is 18.5. The van der Waals surface area contributed by atoms with Crippen LogP contribution in [0.15, 0.2) is 27.8 Å². The van der Waals surface area contributed by atoms with Crippen molar-refractivity contribution in [1.82, 2.24) is 10.3 Å². The Morgan fingerprint density at radius 2 is 2.29 bits per heavy atom. The van der Waals surface area contributed by atoms with Gasteiger partial charge in [0.15, 0.2) is 0 Å². The summed E-state index contributed by atoms with van der Waals surface area (Å²) in [5, 5.41) is 4.50. The van der Waals surface area contributed by atoms with Gasteiger partial charge in [-0.2, -0.15) is 0 Å². The van der Waals surface area contributed by atoms with Crippen molar-refractivity contribution in [3.63, 3.8) is 0 Å². The zero-order chi connectivity index (χ0) is 15.9. The third-order valence-electron chi connectivity index (χ3n) is 3.12. The highest BCUT2D eigenvalue weighted by Gasteiger charge is 2.35. The normalized spacial score (nSPS) is 15.3. The Balaban J connectivity index is 2.68. The molecule has 2 atom stereocenters. The van der Waals surface area contributed by atoms with Gasteiger partial charge in [-0.05, 0) is 54.4 Å². The van der Waals surface area contributed by atoms with E-state index in [4.69, 9.17) is 4.74 Å².